The van der Waals surface area contributed by atoms with Gasteiger partial charge in [-0.25, -0.2) is 0 Å². The third-order valence-electron chi connectivity index (χ3n) is 4.89. The molecule has 2 atom stereocenters. The summed E-state index contributed by atoms with van der Waals surface area (Å²) in [6, 6.07) is 9.54. The highest BCUT2D eigenvalue weighted by molar-refractivity contribution is 14.1. The number of quaternary nitrogens is 1. The third kappa shape index (κ3) is 2.50. The summed E-state index contributed by atoms with van der Waals surface area (Å²) in [7, 11) is 2.02. The molecule has 2 aromatic rings. The molecule has 0 aliphatic carbocycles. The van der Waals surface area contributed by atoms with E-state index >= 15 is 0 Å². The predicted octanol–water partition coefficient (Wildman–Crippen LogP) is 4.14. The van der Waals surface area contributed by atoms with Crippen molar-refractivity contribution in [2.75, 3.05) is 0 Å². The van der Waals surface area contributed by atoms with Gasteiger partial charge in [0, 0.05) is 6.92 Å². The molecule has 4 nitrogen and oxygen atoms in total. The van der Waals surface area contributed by atoms with Crippen molar-refractivity contribution in [1.29, 1.82) is 0 Å². The Morgan fingerprint density at radius 2 is 2.00 bits per heavy atom. The van der Waals surface area contributed by atoms with E-state index < -0.39 is 0 Å². The van der Waals surface area contributed by atoms with Crippen molar-refractivity contribution in [1.82, 2.24) is 7.60 Å². The highest BCUT2D eigenvalue weighted by Gasteiger charge is 2.53. The maximum absolute atomic E-state index is 5.76. The number of aryl methyl sites for hydroxylation is 2. The van der Waals surface area contributed by atoms with E-state index in [-0.39, 0.29) is 11.7 Å². The van der Waals surface area contributed by atoms with Gasteiger partial charge < -0.3 is 9.32 Å². The Kier molecular flexibility index (Phi) is 4.04. The fraction of sp³-hybridized carbons (Fsp3) is 0.389. The van der Waals surface area contributed by atoms with Crippen LogP contribution in [-0.2, 0) is 12.6 Å². The second-order valence-corrected chi connectivity index (χ2v) is 8.29. The van der Waals surface area contributed by atoms with Gasteiger partial charge >= 0.3 is 6.01 Å². The van der Waals surface area contributed by atoms with Crippen molar-refractivity contribution in [3.05, 3.63) is 60.3 Å². The fourth-order valence-corrected chi connectivity index (χ4v) is 4.39. The second-order valence-electron chi connectivity index (χ2n) is 6.69. The van der Waals surface area contributed by atoms with Crippen molar-refractivity contribution in [2.24, 2.45) is 7.05 Å². The smallest absolute Gasteiger partial charge is 0.362 e. The van der Waals surface area contributed by atoms with Gasteiger partial charge in [0.15, 0.2) is 12.4 Å². The number of aromatic nitrogens is 1. The van der Waals surface area contributed by atoms with E-state index in [1.807, 2.05) is 17.8 Å². The van der Waals surface area contributed by atoms with Crippen LogP contribution in [0.1, 0.15) is 31.9 Å². The largest absolute Gasteiger partial charge is 0.570 e. The van der Waals surface area contributed by atoms with Gasteiger partial charge in [-0.1, -0.05) is 27.0 Å². The molecule has 5 heteroatoms. The molecule has 0 radical (unpaired) electrons. The molecule has 2 heterocycles. The molecule has 0 fully saturated rings. The molecule has 0 saturated heterocycles. The number of halogens is 1. The van der Waals surface area contributed by atoms with Crippen LogP contribution >= 0.6 is 22.9 Å². The number of oxazole rings is 1. The maximum atomic E-state index is 5.76. The van der Waals surface area contributed by atoms with Crippen LogP contribution in [0.25, 0.3) is 0 Å². The number of hydrogen-bond donors (Lipinski definition) is 0. The van der Waals surface area contributed by atoms with Crippen LogP contribution in [0.3, 0.4) is 0 Å². The molecule has 0 N–H and O–H groups in total. The standard InChI is InChI=1S/C18H24IN3O/c1-14-8-6-7-9-16(14)18(3,4)21-10-12-22(19,15(21)2)17-20(5)11-13-23-17/h6-13,15H,1-5H3/q+2. The molecule has 3 rings (SSSR count). The molecule has 1 aliphatic rings. The predicted molar refractivity (Wildman–Crippen MR) is 100 cm³/mol. The van der Waals surface area contributed by atoms with Crippen molar-refractivity contribution in [3.63, 3.8) is 0 Å². The molecule has 2 unspecified atom stereocenters. The average Bonchev–Trinajstić information content (AvgIpc) is 3.05. The Labute approximate surface area is 152 Å². The van der Waals surface area contributed by atoms with Crippen LogP contribution in [0.2, 0.25) is 0 Å². The summed E-state index contributed by atoms with van der Waals surface area (Å²) in [5, 5.41) is 0. The summed E-state index contributed by atoms with van der Waals surface area (Å²) in [5.41, 5.74) is 2.57. The van der Waals surface area contributed by atoms with E-state index in [9.17, 15) is 0 Å². The van der Waals surface area contributed by atoms with E-state index in [0.717, 1.165) is 6.01 Å². The van der Waals surface area contributed by atoms with Gasteiger partial charge in [-0.2, -0.15) is 0 Å². The van der Waals surface area contributed by atoms with E-state index in [1.54, 1.807) is 6.26 Å². The topological polar surface area (TPSA) is 20.3 Å². The molecule has 0 bridgehead atoms. The van der Waals surface area contributed by atoms with Crippen molar-refractivity contribution >= 4 is 28.9 Å². The fourth-order valence-electron chi connectivity index (χ4n) is 3.53. The molecule has 0 amide bonds. The van der Waals surface area contributed by atoms with Crippen LogP contribution < -0.4 is 7.26 Å². The molecule has 1 aromatic carbocycles. The molecule has 1 aromatic heterocycles. The number of nitrogens with zero attached hydrogens (tertiary/aromatic N) is 3. The Morgan fingerprint density at radius 3 is 2.61 bits per heavy atom. The number of benzene rings is 1. The van der Waals surface area contributed by atoms with Gasteiger partial charge in [0.1, 0.15) is 13.2 Å². The van der Waals surface area contributed by atoms with E-state index in [4.69, 9.17) is 4.42 Å². The molecule has 0 spiro atoms. The lowest BCUT2D eigenvalue weighted by atomic mass is 9.88. The van der Waals surface area contributed by atoms with Gasteiger partial charge in [-0.05, 0) is 31.9 Å². The van der Waals surface area contributed by atoms with Crippen molar-refractivity contribution < 1.29 is 8.98 Å². The van der Waals surface area contributed by atoms with E-state index in [1.165, 1.54) is 11.1 Å². The molecular formula is C18H24IN3O+2. The molecular weight excluding hydrogens is 401 g/mol. The van der Waals surface area contributed by atoms with Crippen LogP contribution in [0.15, 0.2) is 53.5 Å². The molecule has 122 valence electrons. The molecule has 0 saturated carbocycles. The zero-order chi connectivity index (χ0) is 16.8. The minimum Gasteiger partial charge on any atom is -0.362 e. The first-order valence-electron chi connectivity index (χ1n) is 7.84. The Hall–Kier alpha value is -1.34. The average molecular weight is 425 g/mol. The normalized spacial score (nSPS) is 24.4. The van der Waals surface area contributed by atoms with Gasteiger partial charge in [0.2, 0.25) is 6.20 Å². The summed E-state index contributed by atoms with van der Waals surface area (Å²) < 4.78 is 8.39. The SMILES string of the molecule is Cc1ccccc1C(C)(C)N1C=C[N+](I)(c2occ[n+]2C)C1C. The van der Waals surface area contributed by atoms with Gasteiger partial charge in [-0.15, -0.1) is 4.57 Å². The summed E-state index contributed by atoms with van der Waals surface area (Å²) >= 11 is 2.46. The maximum Gasteiger partial charge on any atom is 0.570 e. The summed E-state index contributed by atoms with van der Waals surface area (Å²) in [4.78, 5) is 2.42. The Morgan fingerprint density at radius 1 is 1.30 bits per heavy atom. The van der Waals surface area contributed by atoms with Gasteiger partial charge in [0.05, 0.1) is 11.7 Å². The second kappa shape index (κ2) is 5.63. The highest BCUT2D eigenvalue weighted by atomic mass is 127. The lowest BCUT2D eigenvalue weighted by molar-refractivity contribution is -0.665. The Bertz CT molecular complexity index is 752. The van der Waals surface area contributed by atoms with Crippen molar-refractivity contribution in [3.8, 4) is 0 Å². The lowest BCUT2D eigenvalue weighted by Gasteiger charge is -2.40. The van der Waals surface area contributed by atoms with E-state index in [2.05, 4.69) is 92.1 Å². The van der Waals surface area contributed by atoms with Crippen molar-refractivity contribution in [2.45, 2.75) is 39.4 Å². The highest BCUT2D eigenvalue weighted by Crippen LogP contribution is 2.42. The quantitative estimate of drug-likeness (QED) is 0.419. The van der Waals surface area contributed by atoms with Crippen LogP contribution in [0.5, 0.6) is 0 Å². The molecule has 23 heavy (non-hydrogen) atoms. The third-order valence-corrected chi connectivity index (χ3v) is 6.43. The Balaban J connectivity index is 1.99. The van der Waals surface area contributed by atoms with Gasteiger partial charge in [0.25, 0.3) is 22.9 Å². The minimum absolute atomic E-state index is 0.0996. The van der Waals surface area contributed by atoms with Crippen LogP contribution in [0.4, 0.5) is 6.01 Å². The number of hydrogen-bond acceptors (Lipinski definition) is 2. The summed E-state index contributed by atoms with van der Waals surface area (Å²) in [6.07, 6.45) is 8.31. The zero-order valence-electron chi connectivity index (χ0n) is 14.3. The summed E-state index contributed by atoms with van der Waals surface area (Å²) in [5.74, 6) is 0. The lowest BCUT2D eigenvalue weighted by Crippen LogP contribution is -2.54. The molecule has 1 aliphatic heterocycles. The van der Waals surface area contributed by atoms with E-state index in [0.29, 0.717) is 2.70 Å². The number of rotatable bonds is 3. The zero-order valence-corrected chi connectivity index (χ0v) is 16.5. The monoisotopic (exact) mass is 425 g/mol. The van der Waals surface area contributed by atoms with Crippen LogP contribution in [0, 0.1) is 6.92 Å². The van der Waals surface area contributed by atoms with Crippen LogP contribution in [-0.4, -0.2) is 11.1 Å². The first kappa shape index (κ1) is 16.5. The van der Waals surface area contributed by atoms with Gasteiger partial charge in [-0.3, -0.25) is 0 Å². The first-order valence-corrected chi connectivity index (χ1v) is 8.80. The first-order chi connectivity index (χ1) is 10.8. The summed E-state index contributed by atoms with van der Waals surface area (Å²) in [6.45, 7) is 8.99. The minimum atomic E-state index is -0.0996.